The molecule has 0 unspecified atom stereocenters. The van der Waals surface area contributed by atoms with Crippen LogP contribution in [0.4, 0.5) is 0 Å². The van der Waals surface area contributed by atoms with Crippen molar-refractivity contribution in [2.24, 2.45) is 0 Å². The van der Waals surface area contributed by atoms with E-state index in [1.807, 2.05) is 42.5 Å². The van der Waals surface area contributed by atoms with Crippen molar-refractivity contribution in [3.63, 3.8) is 0 Å². The maximum absolute atomic E-state index is 12.4. The van der Waals surface area contributed by atoms with E-state index in [1.165, 1.54) is 4.90 Å². The third-order valence-corrected chi connectivity index (χ3v) is 4.20. The van der Waals surface area contributed by atoms with Gasteiger partial charge in [0, 0.05) is 10.0 Å². The molecule has 2 amide bonds. The van der Waals surface area contributed by atoms with Gasteiger partial charge < -0.3 is 0 Å². The number of amides is 2. The Kier molecular flexibility index (Phi) is 3.40. The summed E-state index contributed by atoms with van der Waals surface area (Å²) in [5, 5.41) is 0. The van der Waals surface area contributed by atoms with Crippen molar-refractivity contribution in [2.45, 2.75) is 13.0 Å². The summed E-state index contributed by atoms with van der Waals surface area (Å²) in [5.41, 5.74) is 2.36. The second-order valence-electron chi connectivity index (χ2n) is 4.71. The monoisotopic (exact) mass is 329 g/mol. The fourth-order valence-corrected chi connectivity index (χ4v) is 2.77. The van der Waals surface area contributed by atoms with Gasteiger partial charge in [-0.15, -0.1) is 0 Å². The number of rotatable bonds is 2. The maximum Gasteiger partial charge on any atom is 0.261 e. The molecule has 3 nitrogen and oxygen atoms in total. The lowest BCUT2D eigenvalue weighted by molar-refractivity contribution is -0.128. The van der Waals surface area contributed by atoms with Crippen LogP contribution < -0.4 is 0 Å². The molecule has 100 valence electrons. The number of nitrogens with zero attached hydrogens (tertiary/aromatic N) is 1. The Hall–Kier alpha value is -1.94. The quantitative estimate of drug-likeness (QED) is 0.793. The number of carbonyl (C=O) groups is 2. The van der Waals surface area contributed by atoms with Gasteiger partial charge in [0.15, 0.2) is 0 Å². The molecule has 20 heavy (non-hydrogen) atoms. The first kappa shape index (κ1) is 13.1. The highest BCUT2D eigenvalue weighted by Crippen LogP contribution is 2.24. The Bertz CT molecular complexity index is 696. The second kappa shape index (κ2) is 5.21. The van der Waals surface area contributed by atoms with Crippen LogP contribution in [0.2, 0.25) is 0 Å². The summed E-state index contributed by atoms with van der Waals surface area (Å²) >= 11 is 3.45. The molecule has 3 rings (SSSR count). The standard InChI is InChI=1S/C16H12BrNO2/c17-14-8-4-2-6-12(14)10-18-15(19)9-11-5-1-3-7-13(11)16(18)20/h1-8H,9-10H2. The van der Waals surface area contributed by atoms with Crippen molar-refractivity contribution < 1.29 is 9.59 Å². The summed E-state index contributed by atoms with van der Waals surface area (Å²) in [6, 6.07) is 14.9. The molecule has 2 aromatic carbocycles. The molecule has 0 aliphatic carbocycles. The number of fused-ring (bicyclic) bond motifs is 1. The molecule has 1 heterocycles. The fourth-order valence-electron chi connectivity index (χ4n) is 2.36. The van der Waals surface area contributed by atoms with Gasteiger partial charge in [0.25, 0.3) is 5.91 Å². The third kappa shape index (κ3) is 2.27. The van der Waals surface area contributed by atoms with Gasteiger partial charge in [-0.2, -0.15) is 0 Å². The molecule has 0 radical (unpaired) electrons. The van der Waals surface area contributed by atoms with Crippen LogP contribution in [0.3, 0.4) is 0 Å². The third-order valence-electron chi connectivity index (χ3n) is 3.42. The highest BCUT2D eigenvalue weighted by molar-refractivity contribution is 9.10. The van der Waals surface area contributed by atoms with Crippen molar-refractivity contribution in [1.29, 1.82) is 0 Å². The summed E-state index contributed by atoms with van der Waals surface area (Å²) in [6.45, 7) is 0.299. The molecule has 1 aliphatic heterocycles. The maximum atomic E-state index is 12.4. The van der Waals surface area contributed by atoms with E-state index in [-0.39, 0.29) is 18.2 Å². The first-order valence-corrected chi connectivity index (χ1v) is 7.12. The minimum absolute atomic E-state index is 0.149. The zero-order valence-electron chi connectivity index (χ0n) is 10.7. The smallest absolute Gasteiger partial charge is 0.261 e. The van der Waals surface area contributed by atoms with E-state index in [9.17, 15) is 9.59 Å². The van der Waals surface area contributed by atoms with E-state index in [1.54, 1.807) is 6.07 Å². The van der Waals surface area contributed by atoms with Gasteiger partial charge >= 0.3 is 0 Å². The van der Waals surface area contributed by atoms with E-state index in [0.717, 1.165) is 15.6 Å². The first-order chi connectivity index (χ1) is 9.66. The minimum atomic E-state index is -0.215. The van der Waals surface area contributed by atoms with Crippen LogP contribution in [0, 0.1) is 0 Å². The molecule has 2 aromatic rings. The van der Waals surface area contributed by atoms with Crippen molar-refractivity contribution in [2.75, 3.05) is 0 Å². The molecule has 4 heteroatoms. The predicted octanol–water partition coefficient (Wildman–Crippen LogP) is 3.17. The van der Waals surface area contributed by atoms with Crippen LogP contribution in [0.25, 0.3) is 0 Å². The number of hydrogen-bond donors (Lipinski definition) is 0. The van der Waals surface area contributed by atoms with E-state index >= 15 is 0 Å². The highest BCUT2D eigenvalue weighted by Gasteiger charge is 2.30. The van der Waals surface area contributed by atoms with Crippen LogP contribution in [0.5, 0.6) is 0 Å². The lowest BCUT2D eigenvalue weighted by atomic mass is 9.98. The Morgan fingerprint density at radius 3 is 2.50 bits per heavy atom. The Balaban J connectivity index is 1.94. The van der Waals surface area contributed by atoms with Gasteiger partial charge in [-0.3, -0.25) is 14.5 Å². The van der Waals surface area contributed by atoms with Crippen LogP contribution in [0.1, 0.15) is 21.5 Å². The Morgan fingerprint density at radius 2 is 1.70 bits per heavy atom. The normalized spacial score (nSPS) is 14.3. The minimum Gasteiger partial charge on any atom is -0.274 e. The topological polar surface area (TPSA) is 37.4 Å². The van der Waals surface area contributed by atoms with Gasteiger partial charge in [-0.1, -0.05) is 52.3 Å². The van der Waals surface area contributed by atoms with Gasteiger partial charge in [0.05, 0.1) is 13.0 Å². The Labute approximate surface area is 125 Å². The number of hydrogen-bond acceptors (Lipinski definition) is 2. The average molecular weight is 330 g/mol. The summed E-state index contributed by atoms with van der Waals surface area (Å²) in [4.78, 5) is 25.9. The molecule has 0 fully saturated rings. The number of carbonyl (C=O) groups excluding carboxylic acids is 2. The summed E-state index contributed by atoms with van der Waals surface area (Å²) in [7, 11) is 0. The summed E-state index contributed by atoms with van der Waals surface area (Å²) in [6.07, 6.45) is 0.284. The van der Waals surface area contributed by atoms with Crippen molar-refractivity contribution in [1.82, 2.24) is 4.90 Å². The van der Waals surface area contributed by atoms with Crippen LogP contribution in [-0.2, 0) is 17.8 Å². The predicted molar refractivity (Wildman–Crippen MR) is 79.2 cm³/mol. The summed E-state index contributed by atoms with van der Waals surface area (Å²) in [5.74, 6) is -0.364. The van der Waals surface area contributed by atoms with Crippen molar-refractivity contribution in [3.05, 3.63) is 69.7 Å². The van der Waals surface area contributed by atoms with E-state index in [2.05, 4.69) is 15.9 Å². The molecule has 0 spiro atoms. The first-order valence-electron chi connectivity index (χ1n) is 6.33. The van der Waals surface area contributed by atoms with Gasteiger partial charge in [-0.25, -0.2) is 0 Å². The van der Waals surface area contributed by atoms with Gasteiger partial charge in [0.2, 0.25) is 5.91 Å². The van der Waals surface area contributed by atoms with Crippen LogP contribution in [-0.4, -0.2) is 16.7 Å². The van der Waals surface area contributed by atoms with E-state index in [0.29, 0.717) is 12.1 Å². The Morgan fingerprint density at radius 1 is 1.00 bits per heavy atom. The van der Waals surface area contributed by atoms with Crippen molar-refractivity contribution >= 4 is 27.7 Å². The van der Waals surface area contributed by atoms with Crippen molar-refractivity contribution in [3.8, 4) is 0 Å². The zero-order valence-corrected chi connectivity index (χ0v) is 12.3. The largest absolute Gasteiger partial charge is 0.274 e. The molecule has 1 aliphatic rings. The molecule has 0 N–H and O–H groups in total. The summed E-state index contributed by atoms with van der Waals surface area (Å²) < 4.78 is 0.902. The molecule has 0 saturated carbocycles. The van der Waals surface area contributed by atoms with Gasteiger partial charge in [0.1, 0.15) is 0 Å². The number of imide groups is 1. The van der Waals surface area contributed by atoms with E-state index in [4.69, 9.17) is 0 Å². The molecule has 0 atom stereocenters. The lowest BCUT2D eigenvalue weighted by Crippen LogP contribution is -2.41. The SMILES string of the molecule is O=C1Cc2ccccc2C(=O)N1Cc1ccccc1Br. The molecular weight excluding hydrogens is 318 g/mol. The van der Waals surface area contributed by atoms with Crippen LogP contribution in [0.15, 0.2) is 53.0 Å². The number of benzene rings is 2. The zero-order chi connectivity index (χ0) is 14.1. The molecular formula is C16H12BrNO2. The van der Waals surface area contributed by atoms with E-state index < -0.39 is 0 Å². The second-order valence-corrected chi connectivity index (χ2v) is 5.56. The highest BCUT2D eigenvalue weighted by atomic mass is 79.9. The molecule has 0 bridgehead atoms. The molecule has 0 saturated heterocycles. The lowest BCUT2D eigenvalue weighted by Gasteiger charge is -2.27. The number of halogens is 1. The average Bonchev–Trinajstić information content (AvgIpc) is 2.45. The molecule has 0 aromatic heterocycles. The van der Waals surface area contributed by atoms with Crippen LogP contribution >= 0.6 is 15.9 Å². The van der Waals surface area contributed by atoms with Gasteiger partial charge in [-0.05, 0) is 23.3 Å². The fraction of sp³-hybridized carbons (Fsp3) is 0.125.